The largest absolute Gasteiger partial charge is 0.508 e. The van der Waals surface area contributed by atoms with Gasteiger partial charge >= 0.3 is 11.9 Å². The Morgan fingerprint density at radius 3 is 2.55 bits per heavy atom. The molecule has 0 unspecified atom stereocenters. The van der Waals surface area contributed by atoms with Gasteiger partial charge in [0, 0.05) is 6.08 Å². The molecule has 0 aliphatic heterocycles. The molecular formula is C14H17NO5. The first-order chi connectivity index (χ1) is 9.51. The van der Waals surface area contributed by atoms with Gasteiger partial charge in [0.05, 0.1) is 18.7 Å². The number of hydrogen-bond acceptors (Lipinski definition) is 6. The molecule has 0 radical (unpaired) electrons. The van der Waals surface area contributed by atoms with Gasteiger partial charge in [-0.3, -0.25) is 0 Å². The standard InChI is InChI=1S/C14H17NO5/c1-3-19-13(17)8-10(2)15-20-14(18)9-11-4-6-12(16)7-5-11/h4-8,15-16H,3,9H2,1-2H3/b10-8+. The van der Waals surface area contributed by atoms with Gasteiger partial charge in [0.1, 0.15) is 5.75 Å². The minimum atomic E-state index is -0.507. The number of carbonyl (C=O) groups is 2. The van der Waals surface area contributed by atoms with Crippen molar-refractivity contribution in [1.29, 1.82) is 0 Å². The lowest BCUT2D eigenvalue weighted by Gasteiger charge is -2.07. The molecule has 0 atom stereocenters. The van der Waals surface area contributed by atoms with E-state index < -0.39 is 11.9 Å². The number of benzene rings is 1. The summed E-state index contributed by atoms with van der Waals surface area (Å²) in [6.45, 7) is 3.56. The molecule has 0 heterocycles. The highest BCUT2D eigenvalue weighted by Crippen LogP contribution is 2.10. The first-order valence-corrected chi connectivity index (χ1v) is 6.10. The normalized spacial score (nSPS) is 10.8. The molecule has 1 aromatic carbocycles. The lowest BCUT2D eigenvalue weighted by Crippen LogP contribution is -2.20. The molecule has 108 valence electrons. The zero-order valence-electron chi connectivity index (χ0n) is 11.4. The van der Waals surface area contributed by atoms with Crippen molar-refractivity contribution < 1.29 is 24.3 Å². The molecule has 6 heteroatoms. The Morgan fingerprint density at radius 2 is 1.95 bits per heavy atom. The molecule has 0 fully saturated rings. The van der Waals surface area contributed by atoms with Crippen LogP contribution in [0.4, 0.5) is 0 Å². The first kappa shape index (κ1) is 15.6. The summed E-state index contributed by atoms with van der Waals surface area (Å²) in [4.78, 5) is 27.4. The maximum atomic E-state index is 11.5. The molecule has 0 bridgehead atoms. The van der Waals surface area contributed by atoms with E-state index in [1.807, 2.05) is 0 Å². The maximum Gasteiger partial charge on any atom is 0.336 e. The Labute approximate surface area is 117 Å². The number of phenols is 1. The number of hydroxylamine groups is 1. The van der Waals surface area contributed by atoms with Gasteiger partial charge < -0.3 is 14.7 Å². The molecule has 20 heavy (non-hydrogen) atoms. The van der Waals surface area contributed by atoms with Crippen molar-refractivity contribution in [2.24, 2.45) is 0 Å². The Bertz CT molecular complexity index is 493. The molecule has 0 amide bonds. The van der Waals surface area contributed by atoms with E-state index in [1.165, 1.54) is 18.2 Å². The number of hydrogen-bond donors (Lipinski definition) is 2. The second kappa shape index (κ2) is 7.83. The van der Waals surface area contributed by atoms with Gasteiger partial charge in [-0.2, -0.15) is 0 Å². The van der Waals surface area contributed by atoms with Crippen LogP contribution in [-0.2, 0) is 25.6 Å². The quantitative estimate of drug-likeness (QED) is 0.466. The van der Waals surface area contributed by atoms with Gasteiger partial charge in [-0.15, -0.1) is 0 Å². The number of nitrogens with one attached hydrogen (secondary N) is 1. The summed E-state index contributed by atoms with van der Waals surface area (Å²) < 4.78 is 4.71. The molecule has 0 saturated heterocycles. The fourth-order valence-electron chi connectivity index (χ4n) is 1.34. The number of rotatable bonds is 6. The fourth-order valence-corrected chi connectivity index (χ4v) is 1.34. The van der Waals surface area contributed by atoms with Crippen LogP contribution in [0.15, 0.2) is 36.0 Å². The molecule has 0 aliphatic carbocycles. The van der Waals surface area contributed by atoms with Crippen LogP contribution in [0.2, 0.25) is 0 Å². The second-order valence-electron chi connectivity index (χ2n) is 4.00. The summed E-state index contributed by atoms with van der Waals surface area (Å²) in [5.41, 5.74) is 3.44. The van der Waals surface area contributed by atoms with Crippen molar-refractivity contribution in [3.63, 3.8) is 0 Å². The summed E-state index contributed by atoms with van der Waals surface area (Å²) >= 11 is 0. The molecule has 0 aromatic heterocycles. The number of aromatic hydroxyl groups is 1. The zero-order valence-corrected chi connectivity index (χ0v) is 11.4. The van der Waals surface area contributed by atoms with E-state index in [0.717, 1.165) is 0 Å². The third kappa shape index (κ3) is 5.90. The van der Waals surface area contributed by atoms with E-state index in [-0.39, 0.29) is 18.8 Å². The lowest BCUT2D eigenvalue weighted by molar-refractivity contribution is -0.149. The van der Waals surface area contributed by atoms with Crippen LogP contribution in [-0.4, -0.2) is 23.7 Å². The second-order valence-corrected chi connectivity index (χ2v) is 4.00. The Hall–Kier alpha value is -2.50. The van der Waals surface area contributed by atoms with E-state index in [9.17, 15) is 9.59 Å². The summed E-state index contributed by atoms with van der Waals surface area (Å²) in [6, 6.07) is 6.22. The van der Waals surface area contributed by atoms with Crippen LogP contribution < -0.4 is 5.48 Å². The molecule has 1 aromatic rings. The number of esters is 1. The average Bonchev–Trinajstić information content (AvgIpc) is 2.39. The van der Waals surface area contributed by atoms with Crippen LogP contribution >= 0.6 is 0 Å². The van der Waals surface area contributed by atoms with Crippen LogP contribution in [0.3, 0.4) is 0 Å². The smallest absolute Gasteiger partial charge is 0.336 e. The van der Waals surface area contributed by atoms with Crippen LogP contribution in [0.5, 0.6) is 5.75 Å². The van der Waals surface area contributed by atoms with Gasteiger partial charge in [0.2, 0.25) is 0 Å². The summed E-state index contributed by atoms with van der Waals surface area (Å²) in [7, 11) is 0. The average molecular weight is 279 g/mol. The van der Waals surface area contributed by atoms with Gasteiger partial charge in [0.15, 0.2) is 0 Å². The predicted octanol–water partition coefficient (Wildman–Crippen LogP) is 1.45. The maximum absolute atomic E-state index is 11.5. The fraction of sp³-hybridized carbons (Fsp3) is 0.286. The van der Waals surface area contributed by atoms with E-state index in [1.54, 1.807) is 26.0 Å². The van der Waals surface area contributed by atoms with Crippen molar-refractivity contribution in [2.75, 3.05) is 6.61 Å². The lowest BCUT2D eigenvalue weighted by atomic mass is 10.1. The predicted molar refractivity (Wildman–Crippen MR) is 71.4 cm³/mol. The molecule has 0 aliphatic rings. The van der Waals surface area contributed by atoms with Crippen molar-refractivity contribution in [3.8, 4) is 5.75 Å². The molecule has 0 spiro atoms. The highest BCUT2D eigenvalue weighted by Gasteiger charge is 2.06. The van der Waals surface area contributed by atoms with E-state index >= 15 is 0 Å². The highest BCUT2D eigenvalue weighted by atomic mass is 16.7. The zero-order chi connectivity index (χ0) is 15.0. The van der Waals surface area contributed by atoms with E-state index in [4.69, 9.17) is 14.7 Å². The van der Waals surface area contributed by atoms with E-state index in [2.05, 4.69) is 5.48 Å². The van der Waals surface area contributed by atoms with Gasteiger partial charge in [-0.1, -0.05) is 12.1 Å². The Balaban J connectivity index is 2.39. The first-order valence-electron chi connectivity index (χ1n) is 6.10. The molecule has 6 nitrogen and oxygen atoms in total. The van der Waals surface area contributed by atoms with Gasteiger partial charge in [-0.25, -0.2) is 15.1 Å². The number of allylic oxidation sites excluding steroid dienone is 1. The van der Waals surface area contributed by atoms with Gasteiger partial charge in [-0.05, 0) is 31.5 Å². The third-order valence-corrected chi connectivity index (χ3v) is 2.23. The van der Waals surface area contributed by atoms with Crippen LogP contribution in [0.25, 0.3) is 0 Å². The number of phenolic OH excluding ortho intramolecular Hbond substituents is 1. The van der Waals surface area contributed by atoms with Crippen molar-refractivity contribution in [3.05, 3.63) is 41.6 Å². The summed E-state index contributed by atoms with van der Waals surface area (Å²) in [5.74, 6) is -0.882. The SMILES string of the molecule is CCOC(=O)/C=C(\C)NOC(=O)Cc1ccc(O)cc1. The number of carbonyl (C=O) groups excluding carboxylic acids is 2. The van der Waals surface area contributed by atoms with Gasteiger partial charge in [0.25, 0.3) is 0 Å². The summed E-state index contributed by atoms with van der Waals surface area (Å²) in [5, 5.41) is 9.11. The molecule has 1 rings (SSSR count). The summed E-state index contributed by atoms with van der Waals surface area (Å²) in [6.07, 6.45) is 1.25. The minimum absolute atomic E-state index is 0.0555. The van der Waals surface area contributed by atoms with E-state index in [0.29, 0.717) is 11.3 Å². The highest BCUT2D eigenvalue weighted by molar-refractivity contribution is 5.82. The Kier molecular flexibility index (Phi) is 6.09. The van der Waals surface area contributed by atoms with Crippen LogP contribution in [0.1, 0.15) is 19.4 Å². The number of ether oxygens (including phenoxy) is 1. The third-order valence-electron chi connectivity index (χ3n) is 2.23. The molecule has 0 saturated carbocycles. The van der Waals surface area contributed by atoms with Crippen molar-refractivity contribution in [2.45, 2.75) is 20.3 Å². The van der Waals surface area contributed by atoms with Crippen molar-refractivity contribution in [1.82, 2.24) is 5.48 Å². The molecule has 2 N–H and O–H groups in total. The topological polar surface area (TPSA) is 84.9 Å². The minimum Gasteiger partial charge on any atom is -0.508 e. The molecular weight excluding hydrogens is 262 g/mol. The van der Waals surface area contributed by atoms with Crippen molar-refractivity contribution >= 4 is 11.9 Å². The monoisotopic (exact) mass is 279 g/mol. The Morgan fingerprint density at radius 1 is 1.30 bits per heavy atom. The van der Waals surface area contributed by atoms with Crippen LogP contribution in [0, 0.1) is 0 Å².